The number of benzene rings is 2. The highest BCUT2D eigenvalue weighted by Gasteiger charge is 1.94. The number of hydrogen-bond acceptors (Lipinski definition) is 2. The highest BCUT2D eigenvalue weighted by Crippen LogP contribution is 2.29. The highest BCUT2D eigenvalue weighted by molar-refractivity contribution is 8.76. The van der Waals surface area contributed by atoms with Crippen LogP contribution in [0.2, 0.25) is 0 Å². The molecule has 0 heterocycles. The summed E-state index contributed by atoms with van der Waals surface area (Å²) in [4.78, 5) is 0. The molecular weight excluding hydrogens is 264 g/mol. The third kappa shape index (κ3) is 5.57. The van der Waals surface area contributed by atoms with Crippen molar-refractivity contribution in [1.82, 2.24) is 0 Å². The van der Waals surface area contributed by atoms with Crippen LogP contribution < -0.4 is 0 Å². The van der Waals surface area contributed by atoms with Crippen molar-refractivity contribution in [2.24, 2.45) is 0 Å². The Balaban J connectivity index is 0.00000144. The standard InChI is InChI=1S/C14H14S2.H2S/c1-3-7-13(8-4-1)11-15-16-12-14-9-5-2-6-10-14;/h1-10H,11-12H2;1H2. The molecule has 0 aliphatic heterocycles. The summed E-state index contributed by atoms with van der Waals surface area (Å²) in [5.74, 6) is 2.16. The third-order valence-electron chi connectivity index (χ3n) is 2.22. The summed E-state index contributed by atoms with van der Waals surface area (Å²) in [6.45, 7) is 0. The Morgan fingerprint density at radius 3 is 1.29 bits per heavy atom. The molecule has 2 aromatic rings. The van der Waals surface area contributed by atoms with E-state index in [4.69, 9.17) is 0 Å². The van der Waals surface area contributed by atoms with Crippen LogP contribution in [0.15, 0.2) is 60.7 Å². The highest BCUT2D eigenvalue weighted by atomic mass is 33.1. The van der Waals surface area contributed by atoms with Gasteiger partial charge in [-0.1, -0.05) is 82.3 Å². The van der Waals surface area contributed by atoms with Gasteiger partial charge in [-0.2, -0.15) is 13.5 Å². The van der Waals surface area contributed by atoms with E-state index in [-0.39, 0.29) is 13.5 Å². The minimum atomic E-state index is 0. The first kappa shape index (κ1) is 14.6. The van der Waals surface area contributed by atoms with E-state index in [1.807, 2.05) is 21.6 Å². The SMILES string of the molecule is S.c1ccc(CSSCc2ccccc2)cc1. The quantitative estimate of drug-likeness (QED) is 0.565. The summed E-state index contributed by atoms with van der Waals surface area (Å²) in [5.41, 5.74) is 2.79. The Morgan fingerprint density at radius 1 is 0.588 bits per heavy atom. The summed E-state index contributed by atoms with van der Waals surface area (Å²) in [6, 6.07) is 21.2. The van der Waals surface area contributed by atoms with Crippen LogP contribution in [-0.2, 0) is 11.5 Å². The van der Waals surface area contributed by atoms with E-state index < -0.39 is 0 Å². The zero-order chi connectivity index (χ0) is 11.1. The van der Waals surface area contributed by atoms with Crippen LogP contribution in [0.3, 0.4) is 0 Å². The lowest BCUT2D eigenvalue weighted by molar-refractivity contribution is 1.42. The Morgan fingerprint density at radius 2 is 0.941 bits per heavy atom. The van der Waals surface area contributed by atoms with Crippen molar-refractivity contribution in [3.8, 4) is 0 Å². The predicted octanol–water partition coefficient (Wildman–Crippen LogP) is 4.88. The molecule has 0 radical (unpaired) electrons. The molecule has 0 atom stereocenters. The molecule has 0 aromatic heterocycles. The molecule has 0 unspecified atom stereocenters. The van der Waals surface area contributed by atoms with Gasteiger partial charge in [0.05, 0.1) is 0 Å². The molecule has 0 bridgehead atoms. The first-order chi connectivity index (χ1) is 7.95. The van der Waals surface area contributed by atoms with Crippen molar-refractivity contribution >= 4 is 35.1 Å². The van der Waals surface area contributed by atoms with E-state index in [2.05, 4.69) is 60.7 Å². The molecule has 0 aliphatic rings. The molecule has 17 heavy (non-hydrogen) atoms. The molecule has 0 N–H and O–H groups in total. The molecule has 0 fully saturated rings. The average molecular weight is 280 g/mol. The van der Waals surface area contributed by atoms with Gasteiger partial charge in [-0.05, 0) is 11.1 Å². The Kier molecular flexibility index (Phi) is 7.33. The van der Waals surface area contributed by atoms with Gasteiger partial charge in [0.15, 0.2) is 0 Å². The third-order valence-corrected chi connectivity index (χ3v) is 4.50. The van der Waals surface area contributed by atoms with E-state index in [1.165, 1.54) is 11.1 Å². The van der Waals surface area contributed by atoms with Crippen molar-refractivity contribution in [3.05, 3.63) is 71.8 Å². The van der Waals surface area contributed by atoms with Gasteiger partial charge < -0.3 is 0 Å². The maximum Gasteiger partial charge on any atom is 0.0288 e. The Labute approximate surface area is 118 Å². The van der Waals surface area contributed by atoms with Crippen LogP contribution in [-0.4, -0.2) is 0 Å². The molecule has 2 rings (SSSR count). The summed E-state index contributed by atoms with van der Waals surface area (Å²) >= 11 is 0. The second-order valence-corrected chi connectivity index (χ2v) is 5.96. The molecule has 0 spiro atoms. The predicted molar refractivity (Wildman–Crippen MR) is 85.9 cm³/mol. The van der Waals surface area contributed by atoms with Gasteiger partial charge >= 0.3 is 0 Å². The number of rotatable bonds is 5. The molecule has 0 saturated carbocycles. The van der Waals surface area contributed by atoms with Crippen molar-refractivity contribution < 1.29 is 0 Å². The molecule has 0 nitrogen and oxygen atoms in total. The number of hydrogen-bond donors (Lipinski definition) is 0. The summed E-state index contributed by atoms with van der Waals surface area (Å²) < 4.78 is 0. The average Bonchev–Trinajstić information content (AvgIpc) is 2.37. The zero-order valence-corrected chi connectivity index (χ0v) is 12.1. The van der Waals surface area contributed by atoms with Gasteiger partial charge in [-0.25, -0.2) is 0 Å². The fraction of sp³-hybridized carbons (Fsp3) is 0.143. The van der Waals surface area contributed by atoms with Crippen LogP contribution in [0, 0.1) is 0 Å². The van der Waals surface area contributed by atoms with Crippen LogP contribution in [0.25, 0.3) is 0 Å². The molecule has 90 valence electrons. The van der Waals surface area contributed by atoms with Gasteiger partial charge in [0, 0.05) is 11.5 Å². The van der Waals surface area contributed by atoms with Crippen LogP contribution in [0.4, 0.5) is 0 Å². The zero-order valence-electron chi connectivity index (χ0n) is 9.50. The van der Waals surface area contributed by atoms with Crippen molar-refractivity contribution in [1.29, 1.82) is 0 Å². The van der Waals surface area contributed by atoms with E-state index in [0.717, 1.165) is 11.5 Å². The molecule has 3 heteroatoms. The van der Waals surface area contributed by atoms with Gasteiger partial charge in [0.2, 0.25) is 0 Å². The first-order valence-electron chi connectivity index (χ1n) is 5.27. The van der Waals surface area contributed by atoms with Crippen LogP contribution in [0.1, 0.15) is 11.1 Å². The van der Waals surface area contributed by atoms with Gasteiger partial charge in [0.1, 0.15) is 0 Å². The van der Waals surface area contributed by atoms with E-state index in [9.17, 15) is 0 Å². The molecule has 2 aromatic carbocycles. The fourth-order valence-electron chi connectivity index (χ4n) is 1.37. The lowest BCUT2D eigenvalue weighted by Gasteiger charge is -2.01. The molecule has 0 amide bonds. The lowest BCUT2D eigenvalue weighted by atomic mass is 10.2. The van der Waals surface area contributed by atoms with Crippen LogP contribution in [0.5, 0.6) is 0 Å². The maximum absolute atomic E-state index is 2.18. The smallest absolute Gasteiger partial charge is 0.0288 e. The minimum absolute atomic E-state index is 0. The van der Waals surface area contributed by atoms with Crippen molar-refractivity contribution in [2.75, 3.05) is 0 Å². The fourth-order valence-corrected chi connectivity index (χ4v) is 3.51. The second kappa shape index (κ2) is 8.56. The molecule has 0 aliphatic carbocycles. The first-order valence-corrected chi connectivity index (χ1v) is 7.76. The van der Waals surface area contributed by atoms with Crippen LogP contribution >= 0.6 is 35.1 Å². The summed E-state index contributed by atoms with van der Waals surface area (Å²) in [6.07, 6.45) is 0. The summed E-state index contributed by atoms with van der Waals surface area (Å²) in [5, 5.41) is 0. The Hall–Kier alpha value is -0.510. The second-order valence-electron chi connectivity index (χ2n) is 3.50. The van der Waals surface area contributed by atoms with Gasteiger partial charge in [0.25, 0.3) is 0 Å². The van der Waals surface area contributed by atoms with E-state index in [0.29, 0.717) is 0 Å². The topological polar surface area (TPSA) is 0 Å². The lowest BCUT2D eigenvalue weighted by Crippen LogP contribution is -1.78. The largest absolute Gasteiger partial charge is 0.197 e. The monoisotopic (exact) mass is 280 g/mol. The van der Waals surface area contributed by atoms with E-state index in [1.54, 1.807) is 0 Å². The van der Waals surface area contributed by atoms with Gasteiger partial charge in [-0.3, -0.25) is 0 Å². The minimum Gasteiger partial charge on any atom is -0.197 e. The molecule has 0 saturated heterocycles. The van der Waals surface area contributed by atoms with Crippen molar-refractivity contribution in [2.45, 2.75) is 11.5 Å². The Bertz CT molecular complexity index is 359. The summed E-state index contributed by atoms with van der Waals surface area (Å²) in [7, 11) is 3.84. The van der Waals surface area contributed by atoms with Crippen molar-refractivity contribution in [3.63, 3.8) is 0 Å². The maximum atomic E-state index is 2.18. The normalized spacial score (nSPS) is 9.65. The molecular formula is C14H16S3. The van der Waals surface area contributed by atoms with E-state index >= 15 is 0 Å². The van der Waals surface area contributed by atoms with Gasteiger partial charge in [-0.15, -0.1) is 0 Å².